The first-order valence-electron chi connectivity index (χ1n) is 28.4. The molecule has 13 N–H and O–H groups in total. The number of alkyl carbamates (subject to hydrolysis) is 1. The van der Waals surface area contributed by atoms with Gasteiger partial charge in [0.1, 0.15) is 41.3 Å². The number of rotatable bonds is 29. The van der Waals surface area contributed by atoms with Gasteiger partial charge in [0.05, 0.1) is 56.5 Å². The summed E-state index contributed by atoms with van der Waals surface area (Å²) in [5.41, 5.74) is 5.02. The number of aliphatic carboxylic acids is 1. The SMILES string of the molecule is CC[C@H](NC(=O)CNC(=O)C(NC(=O)CNC(=O)[C@H](CNC(=O)OC(C)(C)C)NC(=O)[C@@H](N)[C@@H](C)[C@@H](O)CO)[C@@H](C)CC)C(=O)N[C@@H](CC(=O)NC(c1ccccc1)(c1ccccc1)c1ccccc1)C(=O)N1C[C@H](OC(C)(C)C)C[C@H]1C(=O)O. The number of aliphatic hydroxyl groups is 2. The molecule has 25 heteroatoms. The van der Waals surface area contributed by atoms with Crippen molar-refractivity contribution in [3.8, 4) is 0 Å². The molecule has 466 valence electrons. The van der Waals surface area contributed by atoms with Crippen LogP contribution in [0.1, 0.15) is 112 Å². The zero-order chi connectivity index (χ0) is 63.4. The first-order valence-corrected chi connectivity index (χ1v) is 28.4. The highest BCUT2D eigenvalue weighted by Crippen LogP contribution is 2.37. The monoisotopic (exact) mass is 1190 g/mol. The lowest BCUT2D eigenvalue weighted by Gasteiger charge is -2.37. The van der Waals surface area contributed by atoms with Gasteiger partial charge < -0.3 is 78.0 Å². The number of aliphatic hydroxyl groups excluding tert-OH is 2. The molecule has 25 nitrogen and oxygen atoms in total. The van der Waals surface area contributed by atoms with Crippen molar-refractivity contribution in [3.05, 3.63) is 108 Å². The highest BCUT2D eigenvalue weighted by atomic mass is 16.6. The maximum Gasteiger partial charge on any atom is 0.407 e. The van der Waals surface area contributed by atoms with Crippen LogP contribution in [0.4, 0.5) is 4.79 Å². The van der Waals surface area contributed by atoms with Gasteiger partial charge in [0.25, 0.3) is 0 Å². The zero-order valence-corrected chi connectivity index (χ0v) is 50.1. The molecule has 1 fully saturated rings. The van der Waals surface area contributed by atoms with Crippen LogP contribution in [0.5, 0.6) is 0 Å². The summed E-state index contributed by atoms with van der Waals surface area (Å²) in [5, 5.41) is 50.2. The number of carboxylic acids is 1. The lowest BCUT2D eigenvalue weighted by molar-refractivity contribution is -0.150. The molecule has 0 saturated carbocycles. The second-order valence-electron chi connectivity index (χ2n) is 23.1. The smallest absolute Gasteiger partial charge is 0.407 e. The Kier molecular flexibility index (Phi) is 26.0. The number of carboxylic acid groups (broad SMARTS) is 1. The largest absolute Gasteiger partial charge is 0.480 e. The number of nitrogens with two attached hydrogens (primary N) is 1. The normalized spacial score (nSPS) is 17.2. The van der Waals surface area contributed by atoms with Crippen molar-refractivity contribution in [1.82, 2.24) is 47.4 Å². The maximum absolute atomic E-state index is 14.8. The number of hydrogen-bond acceptors (Lipinski definition) is 15. The van der Waals surface area contributed by atoms with Gasteiger partial charge >= 0.3 is 12.1 Å². The van der Waals surface area contributed by atoms with Gasteiger partial charge in [-0.25, -0.2) is 9.59 Å². The predicted molar refractivity (Wildman–Crippen MR) is 312 cm³/mol. The number of nitrogens with one attached hydrogen (secondary N) is 8. The average molecular weight is 1190 g/mol. The molecule has 85 heavy (non-hydrogen) atoms. The number of amides is 9. The molecule has 0 aliphatic carbocycles. The van der Waals surface area contributed by atoms with Crippen LogP contribution in [0, 0.1) is 11.8 Å². The standard InChI is InChI=1S/C60H86N10O15/c1-11-35(3)50(68-48(75)32-62-51(76)43(30-64-57(83)85-59(8,9)10)67-53(78)49(61)36(4)45(72)34-71)54(79)63-31-47(74)65-41(12-2)52(77)66-42(55(80)70-33-40(84-58(5,6)7)28-44(70)56(81)82)29-46(73)69-60(37-22-16-13-17-23-37,38-24-18-14-19-25-38)39-26-20-15-21-27-39/h13-27,35-36,40-45,49-50,71-72H,11-12,28-34,61H2,1-10H3,(H,62,76)(H,63,79)(H,64,83)(H,65,74)(H,66,77)(H,67,78)(H,68,75)(H,69,73)(H,81,82)/t35-,36-,40+,41-,42-,43-,44-,45-,49-,50?/m0/s1. The van der Waals surface area contributed by atoms with Crippen molar-refractivity contribution >= 4 is 59.3 Å². The van der Waals surface area contributed by atoms with E-state index in [4.69, 9.17) is 15.2 Å². The van der Waals surface area contributed by atoms with Crippen LogP contribution in [0.15, 0.2) is 91.0 Å². The van der Waals surface area contributed by atoms with E-state index >= 15 is 0 Å². The summed E-state index contributed by atoms with van der Waals surface area (Å²) >= 11 is 0. The van der Waals surface area contributed by atoms with Crippen LogP contribution in [0.25, 0.3) is 0 Å². The molecule has 0 radical (unpaired) electrons. The molecule has 0 aromatic heterocycles. The van der Waals surface area contributed by atoms with Crippen LogP contribution in [0.2, 0.25) is 0 Å². The fraction of sp³-hybridized carbons (Fsp3) is 0.533. The van der Waals surface area contributed by atoms with Crippen molar-refractivity contribution in [2.45, 2.75) is 160 Å². The Morgan fingerprint density at radius 3 is 1.61 bits per heavy atom. The van der Waals surface area contributed by atoms with Crippen molar-refractivity contribution in [1.29, 1.82) is 0 Å². The van der Waals surface area contributed by atoms with Gasteiger partial charge in [0.15, 0.2) is 0 Å². The Morgan fingerprint density at radius 1 is 0.635 bits per heavy atom. The van der Waals surface area contributed by atoms with Crippen molar-refractivity contribution < 1.29 is 72.7 Å². The van der Waals surface area contributed by atoms with E-state index in [1.165, 1.54) is 6.92 Å². The van der Waals surface area contributed by atoms with E-state index in [0.717, 1.165) is 4.90 Å². The van der Waals surface area contributed by atoms with E-state index in [9.17, 15) is 63.3 Å². The minimum Gasteiger partial charge on any atom is -0.480 e. The minimum atomic E-state index is -1.68. The van der Waals surface area contributed by atoms with E-state index in [1.807, 2.05) is 91.0 Å². The molecule has 4 rings (SSSR count). The molecule has 1 aliphatic heterocycles. The molecular weight excluding hydrogens is 1100 g/mol. The second-order valence-corrected chi connectivity index (χ2v) is 23.1. The number of carbonyl (C=O) groups is 10. The molecule has 10 atom stereocenters. The van der Waals surface area contributed by atoms with Crippen LogP contribution in [0.3, 0.4) is 0 Å². The first kappa shape index (κ1) is 69.5. The second kappa shape index (κ2) is 31.8. The summed E-state index contributed by atoms with van der Waals surface area (Å²) in [6.45, 7) is 13.7. The molecule has 3 aromatic carbocycles. The van der Waals surface area contributed by atoms with E-state index in [1.54, 1.807) is 62.3 Å². The molecular formula is C60H86N10O15. The molecule has 1 aliphatic rings. The van der Waals surface area contributed by atoms with Crippen molar-refractivity contribution in [2.24, 2.45) is 17.6 Å². The number of hydrogen-bond donors (Lipinski definition) is 12. The molecule has 3 aromatic rings. The van der Waals surface area contributed by atoms with E-state index in [0.29, 0.717) is 23.1 Å². The lowest BCUT2D eigenvalue weighted by Crippen LogP contribution is -2.59. The van der Waals surface area contributed by atoms with Gasteiger partial charge in [0, 0.05) is 18.9 Å². The molecule has 1 heterocycles. The van der Waals surface area contributed by atoms with E-state index in [-0.39, 0.29) is 19.4 Å². The van der Waals surface area contributed by atoms with Crippen LogP contribution in [-0.2, 0) is 58.2 Å². The summed E-state index contributed by atoms with van der Waals surface area (Å²) < 4.78 is 11.3. The van der Waals surface area contributed by atoms with Crippen LogP contribution < -0.4 is 48.3 Å². The van der Waals surface area contributed by atoms with Gasteiger partial charge in [-0.2, -0.15) is 0 Å². The fourth-order valence-corrected chi connectivity index (χ4v) is 9.47. The Hall–Kier alpha value is -8.00. The summed E-state index contributed by atoms with van der Waals surface area (Å²) in [7, 11) is 0. The topological polar surface area (TPSA) is 375 Å². The Labute approximate surface area is 496 Å². The van der Waals surface area contributed by atoms with Gasteiger partial charge in [-0.05, 0) is 70.6 Å². The third-order valence-corrected chi connectivity index (χ3v) is 14.2. The highest BCUT2D eigenvalue weighted by Gasteiger charge is 2.46. The summed E-state index contributed by atoms with van der Waals surface area (Å²) in [6, 6.07) is 18.8. The Morgan fingerprint density at radius 2 is 1.14 bits per heavy atom. The van der Waals surface area contributed by atoms with Crippen molar-refractivity contribution in [3.63, 3.8) is 0 Å². The van der Waals surface area contributed by atoms with Crippen LogP contribution in [-0.4, -0.2) is 172 Å². The highest BCUT2D eigenvalue weighted by molar-refractivity contribution is 5.98. The van der Waals surface area contributed by atoms with Gasteiger partial charge in [-0.15, -0.1) is 0 Å². The fourth-order valence-electron chi connectivity index (χ4n) is 9.47. The number of carbonyl (C=O) groups excluding carboxylic acids is 9. The number of nitrogens with zero attached hydrogens (tertiary/aromatic N) is 1. The first-order chi connectivity index (χ1) is 39.9. The zero-order valence-electron chi connectivity index (χ0n) is 50.1. The summed E-state index contributed by atoms with van der Waals surface area (Å²) in [6.07, 6.45) is -3.48. The number of likely N-dealkylation sites (tertiary alicyclic amines) is 1. The van der Waals surface area contributed by atoms with Gasteiger partial charge in [0.2, 0.25) is 47.3 Å². The third kappa shape index (κ3) is 20.6. The number of benzene rings is 3. The van der Waals surface area contributed by atoms with Crippen LogP contribution >= 0.6 is 0 Å². The van der Waals surface area contributed by atoms with Gasteiger partial charge in [-0.1, -0.05) is 125 Å². The maximum atomic E-state index is 14.8. The molecule has 0 spiro atoms. The third-order valence-electron chi connectivity index (χ3n) is 14.2. The average Bonchev–Trinajstić information content (AvgIpc) is 1.39. The number of ether oxygens (including phenoxy) is 2. The van der Waals surface area contributed by atoms with E-state index < -0.39 is 169 Å². The summed E-state index contributed by atoms with van der Waals surface area (Å²) in [4.78, 5) is 137. The molecule has 9 amide bonds. The quantitative estimate of drug-likeness (QED) is 0.0428. The summed E-state index contributed by atoms with van der Waals surface area (Å²) in [5.74, 6) is -9.78. The Bertz CT molecular complexity index is 2660. The molecule has 1 unspecified atom stereocenters. The minimum absolute atomic E-state index is 0.0572. The van der Waals surface area contributed by atoms with E-state index in [2.05, 4.69) is 42.5 Å². The lowest BCUT2D eigenvalue weighted by atomic mass is 9.77. The predicted octanol–water partition coefficient (Wildman–Crippen LogP) is 0.823. The van der Waals surface area contributed by atoms with Gasteiger partial charge in [-0.3, -0.25) is 38.4 Å². The van der Waals surface area contributed by atoms with Crippen molar-refractivity contribution in [2.75, 3.05) is 32.8 Å². The molecule has 1 saturated heterocycles. The molecule has 0 bridgehead atoms. The Balaban J connectivity index is 1.52.